The fourth-order valence-corrected chi connectivity index (χ4v) is 3.74. The van der Waals surface area contributed by atoms with Gasteiger partial charge in [-0.3, -0.25) is 4.79 Å². The normalized spacial score (nSPS) is 30.6. The number of hydrogen-bond acceptors (Lipinski definition) is 2. The second-order valence-corrected chi connectivity index (χ2v) is 6.10. The third-order valence-electron chi connectivity index (χ3n) is 4.80. The molecule has 0 aliphatic carbocycles. The summed E-state index contributed by atoms with van der Waals surface area (Å²) in [4.78, 5) is 15.0. The summed E-state index contributed by atoms with van der Waals surface area (Å²) < 4.78 is 13.4. The topological polar surface area (TPSA) is 20.3 Å². The van der Waals surface area contributed by atoms with Crippen LogP contribution in [0.5, 0.6) is 0 Å². The fraction of sp³-hybridized carbons (Fsp3) is 0.562. The lowest BCUT2D eigenvalue weighted by molar-refractivity contribution is 0.0766. The molecule has 2 bridgehead atoms. The zero-order valence-electron chi connectivity index (χ0n) is 11.5. The highest BCUT2D eigenvalue weighted by atomic mass is 19.1. The Hall–Kier alpha value is -1.22. The summed E-state index contributed by atoms with van der Waals surface area (Å²) in [6.45, 7) is 1.83. The predicted octanol–water partition coefficient (Wildman–Crippen LogP) is 3.19. The van der Waals surface area contributed by atoms with Crippen molar-refractivity contribution in [1.29, 1.82) is 0 Å². The molecule has 3 heteroatoms. The Kier molecular flexibility index (Phi) is 3.17. The molecule has 19 heavy (non-hydrogen) atoms. The van der Waals surface area contributed by atoms with Crippen molar-refractivity contribution in [1.82, 2.24) is 4.90 Å². The van der Waals surface area contributed by atoms with Gasteiger partial charge < -0.3 is 4.90 Å². The van der Waals surface area contributed by atoms with Gasteiger partial charge >= 0.3 is 0 Å². The lowest BCUT2D eigenvalue weighted by Crippen LogP contribution is -2.42. The molecule has 0 aromatic heterocycles. The van der Waals surface area contributed by atoms with Crippen molar-refractivity contribution in [2.45, 2.75) is 44.7 Å². The molecular formula is C16H20FNO. The van der Waals surface area contributed by atoms with Crippen molar-refractivity contribution in [2.75, 3.05) is 7.05 Å². The van der Waals surface area contributed by atoms with Crippen LogP contribution < -0.4 is 0 Å². The number of hydrogen-bond donors (Lipinski definition) is 0. The van der Waals surface area contributed by atoms with Gasteiger partial charge in [0, 0.05) is 23.6 Å². The lowest BCUT2D eigenvalue weighted by atomic mass is 9.85. The maximum Gasteiger partial charge on any atom is 0.166 e. The summed E-state index contributed by atoms with van der Waals surface area (Å²) in [5.41, 5.74) is 1.37. The van der Waals surface area contributed by atoms with E-state index in [1.54, 1.807) is 0 Å². The van der Waals surface area contributed by atoms with Gasteiger partial charge in [-0.15, -0.1) is 0 Å². The summed E-state index contributed by atoms with van der Waals surface area (Å²) in [6.07, 6.45) is 4.27. The summed E-state index contributed by atoms with van der Waals surface area (Å²) >= 11 is 0. The van der Waals surface area contributed by atoms with Gasteiger partial charge in [0.25, 0.3) is 0 Å². The minimum atomic E-state index is -0.306. The molecule has 2 unspecified atom stereocenters. The molecule has 2 fully saturated rings. The van der Waals surface area contributed by atoms with Gasteiger partial charge in [0.15, 0.2) is 5.78 Å². The minimum absolute atomic E-state index is 0.0786. The molecule has 1 aromatic carbocycles. The van der Waals surface area contributed by atoms with Gasteiger partial charge in [-0.05, 0) is 63.4 Å². The molecule has 2 aliphatic heterocycles. The number of Topliss-reactive ketones (excluding diaryl/α,β-unsaturated/α-hetero) is 1. The highest BCUT2D eigenvalue weighted by molar-refractivity contribution is 5.98. The van der Waals surface area contributed by atoms with E-state index in [1.165, 1.54) is 25.0 Å². The second-order valence-electron chi connectivity index (χ2n) is 6.10. The molecule has 0 radical (unpaired) electrons. The molecule has 3 rings (SSSR count). The van der Waals surface area contributed by atoms with E-state index >= 15 is 0 Å². The summed E-state index contributed by atoms with van der Waals surface area (Å²) in [7, 11) is 2.16. The molecule has 102 valence electrons. The van der Waals surface area contributed by atoms with E-state index in [9.17, 15) is 9.18 Å². The molecule has 1 aromatic rings. The first-order valence-electron chi connectivity index (χ1n) is 7.08. The number of aryl methyl sites for hydroxylation is 1. The largest absolute Gasteiger partial charge is 0.300 e. The lowest BCUT2D eigenvalue weighted by Gasteiger charge is -2.35. The molecule has 0 saturated carbocycles. The van der Waals surface area contributed by atoms with E-state index in [0.29, 0.717) is 17.6 Å². The molecule has 2 aliphatic rings. The number of rotatable bonds is 2. The Bertz CT molecular complexity index is 479. The first kappa shape index (κ1) is 12.8. The molecule has 2 saturated heterocycles. The predicted molar refractivity (Wildman–Crippen MR) is 72.8 cm³/mol. The van der Waals surface area contributed by atoms with E-state index in [0.717, 1.165) is 18.4 Å². The van der Waals surface area contributed by atoms with Gasteiger partial charge in [0.05, 0.1) is 0 Å². The van der Waals surface area contributed by atoms with Crippen molar-refractivity contribution in [3.63, 3.8) is 0 Å². The molecule has 2 atom stereocenters. The quantitative estimate of drug-likeness (QED) is 0.762. The van der Waals surface area contributed by atoms with Crippen LogP contribution in [0.3, 0.4) is 0 Å². The molecular weight excluding hydrogens is 241 g/mol. The van der Waals surface area contributed by atoms with Gasteiger partial charge in [-0.1, -0.05) is 0 Å². The van der Waals surface area contributed by atoms with Gasteiger partial charge in [0.2, 0.25) is 0 Å². The van der Waals surface area contributed by atoms with Crippen molar-refractivity contribution in [3.05, 3.63) is 35.1 Å². The van der Waals surface area contributed by atoms with Crippen LogP contribution >= 0.6 is 0 Å². The summed E-state index contributed by atoms with van der Waals surface area (Å²) in [5.74, 6) is -0.0956. The minimum Gasteiger partial charge on any atom is -0.300 e. The molecule has 2 heterocycles. The van der Waals surface area contributed by atoms with Crippen molar-refractivity contribution in [2.24, 2.45) is 5.92 Å². The average Bonchev–Trinajstić information content (AvgIpc) is 2.60. The third-order valence-corrected chi connectivity index (χ3v) is 4.80. The SMILES string of the molecule is Cc1cc(F)cc(C(=O)C2CC3CCC(C2)N3C)c1. The van der Waals surface area contributed by atoms with Crippen LogP contribution in [0.15, 0.2) is 18.2 Å². The van der Waals surface area contributed by atoms with Gasteiger partial charge in [-0.25, -0.2) is 4.39 Å². The van der Waals surface area contributed by atoms with Crippen molar-refractivity contribution >= 4 is 5.78 Å². The fourth-order valence-electron chi connectivity index (χ4n) is 3.74. The Labute approximate surface area is 113 Å². The Morgan fingerprint density at radius 3 is 2.42 bits per heavy atom. The van der Waals surface area contributed by atoms with E-state index in [-0.39, 0.29) is 17.5 Å². The first-order chi connectivity index (χ1) is 9.04. The van der Waals surface area contributed by atoms with Crippen LogP contribution in [-0.2, 0) is 0 Å². The van der Waals surface area contributed by atoms with E-state index < -0.39 is 0 Å². The van der Waals surface area contributed by atoms with E-state index in [1.807, 2.05) is 13.0 Å². The van der Waals surface area contributed by atoms with Gasteiger partial charge in [-0.2, -0.15) is 0 Å². The molecule has 0 amide bonds. The van der Waals surface area contributed by atoms with Crippen LogP contribution in [0.4, 0.5) is 4.39 Å². The van der Waals surface area contributed by atoms with Crippen molar-refractivity contribution in [3.8, 4) is 0 Å². The number of carbonyl (C=O) groups is 1. The first-order valence-corrected chi connectivity index (χ1v) is 7.08. The van der Waals surface area contributed by atoms with Crippen LogP contribution in [0, 0.1) is 18.7 Å². The Morgan fingerprint density at radius 2 is 1.84 bits per heavy atom. The summed E-state index contributed by atoms with van der Waals surface area (Å²) in [5, 5.41) is 0. The Balaban J connectivity index is 1.81. The number of benzene rings is 1. The molecule has 0 spiro atoms. The highest BCUT2D eigenvalue weighted by Crippen LogP contribution is 2.38. The number of nitrogens with zero attached hydrogens (tertiary/aromatic N) is 1. The summed E-state index contributed by atoms with van der Waals surface area (Å²) in [6, 6.07) is 5.75. The van der Waals surface area contributed by atoms with Gasteiger partial charge in [0.1, 0.15) is 5.82 Å². The van der Waals surface area contributed by atoms with Crippen LogP contribution in [0.2, 0.25) is 0 Å². The third kappa shape index (κ3) is 2.32. The number of halogens is 1. The average molecular weight is 261 g/mol. The Morgan fingerprint density at radius 1 is 1.21 bits per heavy atom. The van der Waals surface area contributed by atoms with Crippen molar-refractivity contribution < 1.29 is 9.18 Å². The smallest absolute Gasteiger partial charge is 0.166 e. The monoisotopic (exact) mass is 261 g/mol. The number of ketones is 1. The van der Waals surface area contributed by atoms with Crippen LogP contribution in [0.25, 0.3) is 0 Å². The maximum atomic E-state index is 13.4. The van der Waals surface area contributed by atoms with E-state index in [4.69, 9.17) is 0 Å². The number of carbonyl (C=O) groups excluding carboxylic acids is 1. The highest BCUT2D eigenvalue weighted by Gasteiger charge is 2.40. The standard InChI is InChI=1S/C16H20FNO/c1-10-5-11(7-13(17)6-10)16(19)12-8-14-3-4-15(9-12)18(14)2/h5-7,12,14-15H,3-4,8-9H2,1-2H3. The second kappa shape index (κ2) is 4.71. The van der Waals surface area contributed by atoms with E-state index in [2.05, 4.69) is 11.9 Å². The molecule has 2 nitrogen and oxygen atoms in total. The maximum absolute atomic E-state index is 13.4. The number of piperidine rings is 1. The number of fused-ring (bicyclic) bond motifs is 2. The zero-order valence-corrected chi connectivity index (χ0v) is 11.5. The molecule has 0 N–H and O–H groups in total. The van der Waals surface area contributed by atoms with Crippen LogP contribution in [0.1, 0.15) is 41.6 Å². The van der Waals surface area contributed by atoms with Crippen LogP contribution in [-0.4, -0.2) is 29.8 Å². The zero-order chi connectivity index (χ0) is 13.6.